The number of aromatic amines is 1. The number of anilines is 1. The molecule has 2 aromatic rings. The molecule has 0 fully saturated rings. The van der Waals surface area contributed by atoms with Crippen LogP contribution >= 0.6 is 0 Å². The van der Waals surface area contributed by atoms with E-state index in [-0.39, 0.29) is 12.2 Å². The van der Waals surface area contributed by atoms with Crippen LogP contribution in [-0.2, 0) is 10.4 Å². The first-order valence-electron chi connectivity index (χ1n) is 7.58. The number of carbonyl (C=O) groups excluding carboxylic acids is 2. The van der Waals surface area contributed by atoms with Crippen LogP contribution in [0.25, 0.3) is 0 Å². The van der Waals surface area contributed by atoms with Crippen LogP contribution in [0.4, 0.5) is 5.69 Å². The number of para-hydroxylation sites is 1. The molecule has 6 nitrogen and oxygen atoms in total. The topological polar surface area (TPSA) is 86.3 Å². The lowest BCUT2D eigenvalue weighted by molar-refractivity contribution is -0.135. The SMILES string of the molecule is CCN1C(=O)[C@](O)(CC(=O)c2c(C)n[nH]c2C)c2ccccc21. The van der Waals surface area contributed by atoms with Crippen molar-refractivity contribution in [2.75, 3.05) is 11.4 Å². The van der Waals surface area contributed by atoms with Gasteiger partial charge in [-0.1, -0.05) is 18.2 Å². The Morgan fingerprint density at radius 3 is 2.65 bits per heavy atom. The normalized spacial score (nSPS) is 20.0. The van der Waals surface area contributed by atoms with Crippen molar-refractivity contribution in [1.82, 2.24) is 10.2 Å². The van der Waals surface area contributed by atoms with Crippen LogP contribution in [0.1, 0.15) is 40.7 Å². The van der Waals surface area contributed by atoms with Crippen molar-refractivity contribution < 1.29 is 14.7 Å². The number of aliphatic hydroxyl groups is 1. The van der Waals surface area contributed by atoms with Gasteiger partial charge in [-0.25, -0.2) is 0 Å². The van der Waals surface area contributed by atoms with Gasteiger partial charge in [0.25, 0.3) is 5.91 Å². The third-order valence-electron chi connectivity index (χ3n) is 4.38. The molecular formula is C17H19N3O3. The van der Waals surface area contributed by atoms with Gasteiger partial charge in [0.1, 0.15) is 0 Å². The fourth-order valence-corrected chi connectivity index (χ4v) is 3.27. The van der Waals surface area contributed by atoms with Gasteiger partial charge in [0.05, 0.1) is 23.4 Å². The minimum Gasteiger partial charge on any atom is -0.375 e. The highest BCUT2D eigenvalue weighted by atomic mass is 16.3. The number of nitrogens with zero attached hydrogens (tertiary/aromatic N) is 2. The molecule has 2 N–H and O–H groups in total. The fraction of sp³-hybridized carbons (Fsp3) is 0.353. The summed E-state index contributed by atoms with van der Waals surface area (Å²) in [5.74, 6) is -0.745. The first kappa shape index (κ1) is 15.4. The van der Waals surface area contributed by atoms with Crippen molar-refractivity contribution in [3.05, 3.63) is 46.8 Å². The first-order valence-corrected chi connectivity index (χ1v) is 7.58. The van der Waals surface area contributed by atoms with Crippen molar-refractivity contribution in [3.8, 4) is 0 Å². The minimum atomic E-state index is -1.82. The quantitative estimate of drug-likeness (QED) is 0.844. The second kappa shape index (κ2) is 5.31. The summed E-state index contributed by atoms with van der Waals surface area (Å²) in [6.45, 7) is 5.76. The van der Waals surface area contributed by atoms with E-state index < -0.39 is 11.5 Å². The van der Waals surface area contributed by atoms with Crippen LogP contribution in [0.2, 0.25) is 0 Å². The van der Waals surface area contributed by atoms with Crippen molar-refractivity contribution in [2.24, 2.45) is 0 Å². The summed E-state index contributed by atoms with van der Waals surface area (Å²) in [7, 11) is 0. The van der Waals surface area contributed by atoms with E-state index in [1.807, 2.05) is 13.0 Å². The predicted molar refractivity (Wildman–Crippen MR) is 85.4 cm³/mol. The number of carbonyl (C=O) groups is 2. The van der Waals surface area contributed by atoms with E-state index in [4.69, 9.17) is 0 Å². The number of rotatable bonds is 4. The summed E-state index contributed by atoms with van der Waals surface area (Å²) in [5.41, 5.74) is 0.984. The van der Waals surface area contributed by atoms with Gasteiger partial charge in [0.2, 0.25) is 0 Å². The Hall–Kier alpha value is -2.47. The van der Waals surface area contributed by atoms with E-state index in [1.165, 1.54) is 4.90 Å². The lowest BCUT2D eigenvalue weighted by atomic mass is 9.87. The van der Waals surface area contributed by atoms with E-state index in [9.17, 15) is 14.7 Å². The average molecular weight is 313 g/mol. The van der Waals surface area contributed by atoms with Crippen molar-refractivity contribution in [2.45, 2.75) is 32.8 Å². The Morgan fingerprint density at radius 1 is 1.35 bits per heavy atom. The Kier molecular flexibility index (Phi) is 3.56. The number of hydrogen-bond donors (Lipinski definition) is 2. The maximum atomic E-state index is 12.7. The van der Waals surface area contributed by atoms with Gasteiger partial charge in [-0.15, -0.1) is 0 Å². The molecule has 0 aliphatic carbocycles. The highest BCUT2D eigenvalue weighted by Crippen LogP contribution is 2.42. The second-order valence-electron chi connectivity index (χ2n) is 5.84. The number of Topliss-reactive ketones (excluding diaryl/α,β-unsaturated/α-hetero) is 1. The van der Waals surface area contributed by atoms with Crippen LogP contribution in [-0.4, -0.2) is 33.5 Å². The van der Waals surface area contributed by atoms with Gasteiger partial charge in [-0.3, -0.25) is 14.7 Å². The van der Waals surface area contributed by atoms with E-state index in [0.717, 1.165) is 0 Å². The van der Waals surface area contributed by atoms with E-state index >= 15 is 0 Å². The minimum absolute atomic E-state index is 0.291. The molecule has 1 aliphatic rings. The first-order chi connectivity index (χ1) is 10.9. The third kappa shape index (κ3) is 2.17. The highest BCUT2D eigenvalue weighted by Gasteiger charge is 2.50. The van der Waals surface area contributed by atoms with Crippen molar-refractivity contribution in [1.29, 1.82) is 0 Å². The molecular weight excluding hydrogens is 294 g/mol. The molecule has 0 radical (unpaired) electrons. The zero-order valence-electron chi connectivity index (χ0n) is 13.4. The Bertz CT molecular complexity index is 777. The van der Waals surface area contributed by atoms with Gasteiger partial charge in [0.15, 0.2) is 11.4 Å². The second-order valence-corrected chi connectivity index (χ2v) is 5.84. The average Bonchev–Trinajstić information content (AvgIpc) is 2.96. The number of amides is 1. The number of fused-ring (bicyclic) bond motifs is 1. The molecule has 1 aliphatic heterocycles. The van der Waals surface area contributed by atoms with Gasteiger partial charge >= 0.3 is 0 Å². The predicted octanol–water partition coefficient (Wildman–Crippen LogP) is 1.85. The van der Waals surface area contributed by atoms with Crippen LogP contribution in [0, 0.1) is 13.8 Å². The Morgan fingerprint density at radius 2 is 2.04 bits per heavy atom. The molecule has 1 aromatic heterocycles. The monoisotopic (exact) mass is 313 g/mol. The summed E-state index contributed by atoms with van der Waals surface area (Å²) < 4.78 is 0. The summed E-state index contributed by atoms with van der Waals surface area (Å²) in [6.07, 6.45) is -0.291. The molecule has 1 amide bonds. The number of ketones is 1. The molecule has 0 saturated heterocycles. The van der Waals surface area contributed by atoms with Crippen LogP contribution < -0.4 is 4.90 Å². The smallest absolute Gasteiger partial charge is 0.264 e. The standard InChI is InChI=1S/C17H19N3O3/c1-4-20-13-8-6-5-7-12(13)17(23,16(20)22)9-14(21)15-10(2)18-19-11(15)3/h5-8,23H,4,9H2,1-3H3,(H,18,19)/t17-/m0/s1. The number of aromatic nitrogens is 2. The molecule has 120 valence electrons. The van der Waals surface area contributed by atoms with Gasteiger partial charge in [-0.05, 0) is 26.8 Å². The number of likely N-dealkylation sites (N-methyl/N-ethyl adjacent to an activating group) is 1. The van der Waals surface area contributed by atoms with Crippen molar-refractivity contribution >= 4 is 17.4 Å². The number of hydrogen-bond acceptors (Lipinski definition) is 4. The lowest BCUT2D eigenvalue weighted by Crippen LogP contribution is -2.41. The van der Waals surface area contributed by atoms with Gasteiger partial charge in [-0.2, -0.15) is 5.10 Å². The largest absolute Gasteiger partial charge is 0.375 e. The molecule has 0 saturated carbocycles. The van der Waals surface area contributed by atoms with Crippen LogP contribution in [0.5, 0.6) is 0 Å². The number of nitrogens with one attached hydrogen (secondary N) is 1. The lowest BCUT2D eigenvalue weighted by Gasteiger charge is -2.22. The molecule has 1 atom stereocenters. The fourth-order valence-electron chi connectivity index (χ4n) is 3.27. The van der Waals surface area contributed by atoms with E-state index in [1.54, 1.807) is 32.0 Å². The van der Waals surface area contributed by atoms with E-state index in [2.05, 4.69) is 10.2 Å². The summed E-state index contributed by atoms with van der Waals surface area (Å²) in [5, 5.41) is 17.8. The molecule has 6 heteroatoms. The van der Waals surface area contributed by atoms with Crippen LogP contribution in [0.15, 0.2) is 24.3 Å². The molecule has 23 heavy (non-hydrogen) atoms. The third-order valence-corrected chi connectivity index (χ3v) is 4.38. The van der Waals surface area contributed by atoms with Gasteiger partial charge < -0.3 is 10.0 Å². The molecule has 3 rings (SSSR count). The number of H-pyrrole nitrogens is 1. The maximum absolute atomic E-state index is 12.7. The van der Waals surface area contributed by atoms with Gasteiger partial charge in [0, 0.05) is 17.8 Å². The number of benzene rings is 1. The maximum Gasteiger partial charge on any atom is 0.264 e. The van der Waals surface area contributed by atoms with Crippen molar-refractivity contribution in [3.63, 3.8) is 0 Å². The van der Waals surface area contributed by atoms with E-state index in [0.29, 0.717) is 34.7 Å². The zero-order chi connectivity index (χ0) is 16.8. The zero-order valence-corrected chi connectivity index (χ0v) is 13.4. The summed E-state index contributed by atoms with van der Waals surface area (Å²) >= 11 is 0. The highest BCUT2D eigenvalue weighted by molar-refractivity contribution is 6.11. The molecule has 1 aromatic carbocycles. The molecule has 0 unspecified atom stereocenters. The molecule has 0 bridgehead atoms. The molecule has 0 spiro atoms. The van der Waals surface area contributed by atoms with Crippen LogP contribution in [0.3, 0.4) is 0 Å². The summed E-state index contributed by atoms with van der Waals surface area (Å²) in [6, 6.07) is 7.06. The summed E-state index contributed by atoms with van der Waals surface area (Å²) in [4.78, 5) is 26.9. The Balaban J connectivity index is 2.02. The number of aryl methyl sites for hydroxylation is 2. The Labute approximate surface area is 134 Å². The molecule has 2 heterocycles.